The Hall–Kier alpha value is -1.45. The van der Waals surface area contributed by atoms with Crippen LogP contribution in [0.2, 0.25) is 0 Å². The molecule has 1 aromatic heterocycles. The van der Waals surface area contributed by atoms with Crippen molar-refractivity contribution in [1.82, 2.24) is 4.90 Å². The van der Waals surface area contributed by atoms with Crippen LogP contribution >= 0.6 is 23.7 Å². The van der Waals surface area contributed by atoms with Gasteiger partial charge in [-0.05, 0) is 38.4 Å². The zero-order chi connectivity index (χ0) is 16.5. The number of aromatic hydroxyl groups is 1. The van der Waals surface area contributed by atoms with Crippen LogP contribution in [0.5, 0.6) is 5.75 Å². The van der Waals surface area contributed by atoms with Crippen molar-refractivity contribution in [2.24, 2.45) is 5.14 Å². The van der Waals surface area contributed by atoms with Gasteiger partial charge in [-0.15, -0.1) is 23.7 Å². The van der Waals surface area contributed by atoms with Gasteiger partial charge in [0.1, 0.15) is 9.96 Å². The fraction of sp³-hybridized carbons (Fsp3) is 0.214. The molecule has 0 radical (unpaired) electrons. The molecule has 23 heavy (non-hydrogen) atoms. The highest BCUT2D eigenvalue weighted by molar-refractivity contribution is 7.91. The topological polar surface area (TPSA) is 101 Å². The van der Waals surface area contributed by atoms with Crippen LogP contribution in [0.15, 0.2) is 33.9 Å². The number of benzene rings is 1. The molecule has 0 aliphatic rings. The van der Waals surface area contributed by atoms with Gasteiger partial charge in [-0.25, -0.2) is 13.6 Å². The number of phenolic OH excluding ortho intramolecular Hbond substituents is 1. The number of ketones is 1. The molecule has 0 amide bonds. The molecule has 6 nitrogen and oxygen atoms in total. The summed E-state index contributed by atoms with van der Waals surface area (Å²) in [5, 5.41) is 16.3. The summed E-state index contributed by atoms with van der Waals surface area (Å²) in [7, 11) is -0.104. The lowest BCUT2D eigenvalue weighted by atomic mass is 10.0. The second-order valence-corrected chi connectivity index (χ2v) is 7.81. The predicted molar refractivity (Wildman–Crippen MR) is 91.9 cm³/mol. The molecule has 1 heterocycles. The van der Waals surface area contributed by atoms with Crippen molar-refractivity contribution in [3.8, 4) is 5.75 Å². The van der Waals surface area contributed by atoms with E-state index >= 15 is 0 Å². The van der Waals surface area contributed by atoms with E-state index in [9.17, 15) is 18.3 Å². The van der Waals surface area contributed by atoms with E-state index in [2.05, 4.69) is 0 Å². The van der Waals surface area contributed by atoms with Gasteiger partial charge in [-0.2, -0.15) is 0 Å². The number of halogens is 1. The van der Waals surface area contributed by atoms with Crippen LogP contribution in [0.4, 0.5) is 0 Å². The lowest BCUT2D eigenvalue weighted by molar-refractivity contribution is 0.103. The third-order valence-corrected chi connectivity index (χ3v) is 5.33. The van der Waals surface area contributed by atoms with Crippen LogP contribution < -0.4 is 5.14 Å². The van der Waals surface area contributed by atoms with E-state index in [0.29, 0.717) is 17.7 Å². The first kappa shape index (κ1) is 19.6. The summed E-state index contributed by atoms with van der Waals surface area (Å²) in [4.78, 5) is 14.3. The molecule has 2 aromatic rings. The number of nitrogens with zero attached hydrogens (tertiary/aromatic N) is 1. The highest BCUT2D eigenvalue weighted by Crippen LogP contribution is 2.24. The largest absolute Gasteiger partial charge is 0.508 e. The zero-order valence-electron chi connectivity index (χ0n) is 12.5. The number of carbonyl (C=O) groups is 1. The second-order valence-electron chi connectivity index (χ2n) is 5.11. The summed E-state index contributed by atoms with van der Waals surface area (Å²) in [6, 6.07) is 5.83. The molecule has 126 valence electrons. The molecule has 0 bridgehead atoms. The van der Waals surface area contributed by atoms with E-state index in [1.165, 1.54) is 23.6 Å². The number of rotatable bonds is 5. The average Bonchev–Trinajstić information content (AvgIpc) is 2.89. The van der Waals surface area contributed by atoms with Crippen molar-refractivity contribution in [3.05, 3.63) is 46.3 Å². The lowest BCUT2D eigenvalue weighted by Crippen LogP contribution is -2.12. The van der Waals surface area contributed by atoms with Gasteiger partial charge in [0, 0.05) is 28.6 Å². The number of phenols is 1. The summed E-state index contributed by atoms with van der Waals surface area (Å²) in [5.41, 5.74) is 1.27. The molecule has 2 rings (SSSR count). The van der Waals surface area contributed by atoms with Crippen LogP contribution in [0.25, 0.3) is 0 Å². The Bertz CT molecular complexity index is 816. The first-order chi connectivity index (χ1) is 10.2. The van der Waals surface area contributed by atoms with Crippen molar-refractivity contribution >= 4 is 39.6 Å². The van der Waals surface area contributed by atoms with Gasteiger partial charge in [-0.1, -0.05) is 0 Å². The van der Waals surface area contributed by atoms with E-state index < -0.39 is 10.0 Å². The molecular weight excluding hydrogens is 360 g/mol. The van der Waals surface area contributed by atoms with Crippen LogP contribution in [0.3, 0.4) is 0 Å². The fourth-order valence-corrected chi connectivity index (χ4v) is 3.53. The van der Waals surface area contributed by atoms with Gasteiger partial charge in [0.25, 0.3) is 0 Å². The van der Waals surface area contributed by atoms with Gasteiger partial charge in [0.2, 0.25) is 10.0 Å². The van der Waals surface area contributed by atoms with Crippen molar-refractivity contribution in [2.75, 3.05) is 14.1 Å². The summed E-state index contributed by atoms with van der Waals surface area (Å²) in [5.74, 6) is -0.202. The van der Waals surface area contributed by atoms with E-state index in [-0.39, 0.29) is 33.7 Å². The second kappa shape index (κ2) is 7.41. The monoisotopic (exact) mass is 376 g/mol. The number of nitrogens with two attached hydrogens (primary N) is 1. The Morgan fingerprint density at radius 2 is 1.91 bits per heavy atom. The van der Waals surface area contributed by atoms with Gasteiger partial charge < -0.3 is 10.0 Å². The molecule has 3 N–H and O–H groups in total. The Morgan fingerprint density at radius 3 is 2.43 bits per heavy atom. The molecule has 0 aliphatic carbocycles. The Kier molecular flexibility index (Phi) is 6.32. The molecule has 9 heteroatoms. The maximum atomic E-state index is 12.4. The van der Waals surface area contributed by atoms with Gasteiger partial charge in [0.05, 0.1) is 0 Å². The van der Waals surface area contributed by atoms with Gasteiger partial charge in [0.15, 0.2) is 5.78 Å². The molecule has 0 saturated carbocycles. The highest BCUT2D eigenvalue weighted by Gasteiger charge is 2.17. The van der Waals surface area contributed by atoms with Crippen molar-refractivity contribution in [2.45, 2.75) is 10.8 Å². The summed E-state index contributed by atoms with van der Waals surface area (Å²) in [6.07, 6.45) is 0. The quantitative estimate of drug-likeness (QED) is 0.775. The standard InChI is InChI=1S/C14H16N2O4S2.ClH/c1-16(2)7-10-5-9(3-4-12(10)17)14(18)11-6-13(21-8-11)22(15,19)20;/h3-6,8,17H,7H2,1-2H3,(H2,15,19,20);1H. The molecule has 1 aromatic carbocycles. The van der Waals surface area contributed by atoms with E-state index in [4.69, 9.17) is 5.14 Å². The maximum absolute atomic E-state index is 12.4. The summed E-state index contributed by atoms with van der Waals surface area (Å²) in [6.45, 7) is 0.485. The molecule has 0 spiro atoms. The molecular formula is C14H17ClN2O4S2. The number of hydrogen-bond donors (Lipinski definition) is 2. The van der Waals surface area contributed by atoms with E-state index in [0.717, 1.165) is 11.3 Å². The van der Waals surface area contributed by atoms with Crippen molar-refractivity contribution in [1.29, 1.82) is 0 Å². The van der Waals surface area contributed by atoms with E-state index in [1.807, 2.05) is 19.0 Å². The number of primary sulfonamides is 1. The predicted octanol–water partition coefficient (Wildman–Crippen LogP) is 1.82. The number of thiophene rings is 1. The molecule has 0 aliphatic heterocycles. The zero-order valence-corrected chi connectivity index (χ0v) is 15.0. The Balaban J connectivity index is 0.00000264. The first-order valence-corrected chi connectivity index (χ1v) is 8.73. The minimum atomic E-state index is -3.81. The number of carbonyl (C=O) groups excluding carboxylic acids is 1. The third kappa shape index (κ3) is 4.76. The molecule has 0 saturated heterocycles. The maximum Gasteiger partial charge on any atom is 0.247 e. The fourth-order valence-electron chi connectivity index (χ4n) is 1.95. The number of sulfonamides is 1. The molecule has 0 atom stereocenters. The lowest BCUT2D eigenvalue weighted by Gasteiger charge is -2.12. The number of hydrogen-bond acceptors (Lipinski definition) is 6. The Morgan fingerprint density at radius 1 is 1.26 bits per heavy atom. The highest BCUT2D eigenvalue weighted by atomic mass is 35.5. The van der Waals surface area contributed by atoms with Gasteiger partial charge in [-0.3, -0.25) is 4.79 Å². The van der Waals surface area contributed by atoms with E-state index in [1.54, 1.807) is 6.07 Å². The minimum absolute atomic E-state index is 0. The normalized spacial score (nSPS) is 11.3. The summed E-state index contributed by atoms with van der Waals surface area (Å²) < 4.78 is 22.5. The molecule has 0 unspecified atom stereocenters. The Labute approximate surface area is 145 Å². The van der Waals surface area contributed by atoms with Crippen LogP contribution in [-0.2, 0) is 16.6 Å². The van der Waals surface area contributed by atoms with Crippen LogP contribution in [0, 0.1) is 0 Å². The third-order valence-electron chi connectivity index (χ3n) is 2.95. The minimum Gasteiger partial charge on any atom is -0.508 e. The average molecular weight is 377 g/mol. The van der Waals surface area contributed by atoms with Crippen molar-refractivity contribution in [3.63, 3.8) is 0 Å². The van der Waals surface area contributed by atoms with Gasteiger partial charge >= 0.3 is 0 Å². The summed E-state index contributed by atoms with van der Waals surface area (Å²) >= 11 is 0.906. The smallest absolute Gasteiger partial charge is 0.247 e. The SMILES string of the molecule is CN(C)Cc1cc(C(=O)c2csc(S(N)(=O)=O)c2)ccc1O.Cl. The van der Waals surface area contributed by atoms with Crippen LogP contribution in [0.1, 0.15) is 21.5 Å². The van der Waals surface area contributed by atoms with Crippen LogP contribution in [-0.4, -0.2) is 38.3 Å². The molecule has 0 fully saturated rings. The first-order valence-electron chi connectivity index (χ1n) is 6.31. The van der Waals surface area contributed by atoms with Crippen molar-refractivity contribution < 1.29 is 18.3 Å².